The molecule has 0 fully saturated rings. The number of hydrogen-bond donors (Lipinski definition) is 1. The summed E-state index contributed by atoms with van der Waals surface area (Å²) in [6, 6.07) is 70.7. The number of aromatic nitrogens is 2. The number of fused-ring (bicyclic) bond motifs is 13. The van der Waals surface area contributed by atoms with Crippen LogP contribution in [0.3, 0.4) is 0 Å². The summed E-state index contributed by atoms with van der Waals surface area (Å²) in [6.07, 6.45) is -0.307. The van der Waals surface area contributed by atoms with Crippen molar-refractivity contribution in [3.63, 3.8) is 0 Å². The van der Waals surface area contributed by atoms with E-state index in [9.17, 15) is 0 Å². The van der Waals surface area contributed by atoms with Crippen molar-refractivity contribution in [3.8, 4) is 11.4 Å². The number of benzene rings is 9. The van der Waals surface area contributed by atoms with E-state index < -0.39 is 0 Å². The van der Waals surface area contributed by atoms with Gasteiger partial charge in [0.15, 0.2) is 5.84 Å². The van der Waals surface area contributed by atoms with Crippen LogP contribution >= 0.6 is 0 Å². The minimum Gasteiger partial charge on any atom is -0.456 e. The minimum absolute atomic E-state index is 0.307. The van der Waals surface area contributed by atoms with E-state index in [1.54, 1.807) is 0 Å². The van der Waals surface area contributed by atoms with Crippen molar-refractivity contribution in [2.45, 2.75) is 6.17 Å². The lowest BCUT2D eigenvalue weighted by Gasteiger charge is -2.24. The van der Waals surface area contributed by atoms with Crippen LogP contribution in [-0.4, -0.2) is 20.8 Å². The minimum atomic E-state index is -0.307. The van der Waals surface area contributed by atoms with E-state index in [1.807, 2.05) is 42.5 Å². The number of nitrogens with zero attached hydrogens (tertiary/aromatic N) is 4. The molecule has 1 N–H and O–H groups in total. The van der Waals surface area contributed by atoms with Crippen molar-refractivity contribution in [1.29, 1.82) is 0 Å². The maximum Gasteiger partial charge on any atom is 0.159 e. The molecule has 1 unspecified atom stereocenters. The maximum atomic E-state index is 6.84. The summed E-state index contributed by atoms with van der Waals surface area (Å²) in [4.78, 5) is 10.3. The number of para-hydroxylation sites is 3. The third-order valence-electron chi connectivity index (χ3n) is 12.3. The molecule has 0 bridgehead atoms. The molecule has 4 heterocycles. The molecule has 0 spiro atoms. The fraction of sp³-hybridized carbons (Fsp3) is 0.0182. The molecule has 13 rings (SSSR count). The highest BCUT2D eigenvalue weighted by atomic mass is 16.3. The van der Waals surface area contributed by atoms with E-state index in [0.717, 1.165) is 66.9 Å². The van der Waals surface area contributed by atoms with E-state index in [4.69, 9.17) is 14.4 Å². The lowest BCUT2D eigenvalue weighted by Crippen LogP contribution is -2.33. The Balaban J connectivity index is 1.08. The first-order chi connectivity index (χ1) is 30.3. The Morgan fingerprint density at radius 1 is 0.443 bits per heavy atom. The molecule has 12 aromatic rings. The molecular weight excluding hydrogens is 747 g/mol. The first kappa shape index (κ1) is 33.7. The van der Waals surface area contributed by atoms with Crippen molar-refractivity contribution in [3.05, 3.63) is 217 Å². The molecule has 1 atom stereocenters. The smallest absolute Gasteiger partial charge is 0.159 e. The van der Waals surface area contributed by atoms with Crippen LogP contribution in [0.2, 0.25) is 0 Å². The second kappa shape index (κ2) is 13.1. The van der Waals surface area contributed by atoms with Crippen molar-refractivity contribution in [2.24, 2.45) is 9.98 Å². The molecule has 0 aliphatic carbocycles. The predicted molar refractivity (Wildman–Crippen MR) is 252 cm³/mol. The number of aliphatic imine (C=N–C) groups is 2. The molecule has 1 aliphatic heterocycles. The summed E-state index contributed by atoms with van der Waals surface area (Å²) in [7, 11) is 0. The highest BCUT2D eigenvalue weighted by Crippen LogP contribution is 2.47. The van der Waals surface area contributed by atoms with Crippen molar-refractivity contribution >= 4 is 88.0 Å². The lowest BCUT2D eigenvalue weighted by atomic mass is 9.98. The Bertz CT molecular complexity index is 3780. The van der Waals surface area contributed by atoms with Crippen LogP contribution in [0.15, 0.2) is 215 Å². The van der Waals surface area contributed by atoms with Gasteiger partial charge in [0.2, 0.25) is 0 Å². The summed E-state index contributed by atoms with van der Waals surface area (Å²) < 4.78 is 11.7. The number of hydrogen-bond acceptors (Lipinski definition) is 4. The molecule has 286 valence electrons. The van der Waals surface area contributed by atoms with Crippen LogP contribution < -0.4 is 5.32 Å². The zero-order chi connectivity index (χ0) is 40.0. The van der Waals surface area contributed by atoms with E-state index >= 15 is 0 Å². The van der Waals surface area contributed by atoms with Gasteiger partial charge in [0.05, 0.1) is 27.8 Å². The first-order valence-electron chi connectivity index (χ1n) is 20.7. The van der Waals surface area contributed by atoms with Crippen molar-refractivity contribution in [1.82, 2.24) is 14.5 Å². The van der Waals surface area contributed by atoms with Gasteiger partial charge < -0.3 is 18.9 Å². The molecule has 61 heavy (non-hydrogen) atoms. The SMILES string of the molecule is c1ccc(C2=NC(c3ccccc3)NC(c3cccc4oc5cc(-n6c7ccccc7c7c8ccccc8c8c9ccccc9n(-c9ccccc9)c8c76)ccc5c34)=N2)cc1. The molecule has 0 amide bonds. The Labute approximate surface area is 349 Å². The average Bonchev–Trinajstić information content (AvgIpc) is 4.00. The van der Waals surface area contributed by atoms with Gasteiger partial charge in [-0.3, -0.25) is 0 Å². The van der Waals surface area contributed by atoms with E-state index in [1.165, 1.54) is 43.4 Å². The standard InChI is InChI=1S/C55H35N5O/c1-4-17-34(18-5-1)53-56-54(35-19-6-2-7-20-35)58-55(57-53)43-27-16-30-46-48(43)42-32-31-37(33-47(42)61-46)60-45-29-15-13-26-41(45)50-39-24-11-10-23-38(39)49-40-25-12-14-28-44(40)59(51(49)52(50)60)36-21-8-3-9-22-36/h1-33,53H,(H,56,57,58). The first-order valence-corrected chi connectivity index (χ1v) is 20.7. The molecule has 3 aromatic heterocycles. The zero-order valence-corrected chi connectivity index (χ0v) is 32.8. The quantitative estimate of drug-likeness (QED) is 0.189. The van der Waals surface area contributed by atoms with Crippen LogP contribution in [0.1, 0.15) is 22.9 Å². The molecular formula is C55H35N5O. The average molecular weight is 782 g/mol. The van der Waals surface area contributed by atoms with Gasteiger partial charge in [-0.1, -0.05) is 152 Å². The summed E-state index contributed by atoms with van der Waals surface area (Å²) in [5.41, 5.74) is 11.4. The second-order valence-electron chi connectivity index (χ2n) is 15.7. The van der Waals surface area contributed by atoms with E-state index in [2.05, 4.69) is 172 Å². The van der Waals surface area contributed by atoms with Gasteiger partial charge in [0, 0.05) is 55.2 Å². The van der Waals surface area contributed by atoms with E-state index in [-0.39, 0.29) is 6.17 Å². The van der Waals surface area contributed by atoms with Crippen LogP contribution in [0, 0.1) is 0 Å². The van der Waals surface area contributed by atoms with Crippen molar-refractivity contribution < 1.29 is 4.42 Å². The van der Waals surface area contributed by atoms with Crippen LogP contribution in [0.4, 0.5) is 0 Å². The fourth-order valence-corrected chi connectivity index (χ4v) is 9.77. The van der Waals surface area contributed by atoms with E-state index in [0.29, 0.717) is 5.84 Å². The van der Waals surface area contributed by atoms with Crippen LogP contribution in [0.25, 0.3) is 87.7 Å². The number of amidine groups is 2. The summed E-state index contributed by atoms with van der Waals surface area (Å²) >= 11 is 0. The molecule has 1 aliphatic rings. The molecule has 6 heteroatoms. The van der Waals surface area contributed by atoms with Gasteiger partial charge >= 0.3 is 0 Å². The van der Waals surface area contributed by atoms with Gasteiger partial charge in [-0.25, -0.2) is 9.98 Å². The Hall–Kier alpha value is -8.22. The van der Waals surface area contributed by atoms with Crippen molar-refractivity contribution in [2.75, 3.05) is 0 Å². The monoisotopic (exact) mass is 781 g/mol. The van der Waals surface area contributed by atoms with Gasteiger partial charge in [-0.15, -0.1) is 0 Å². The largest absolute Gasteiger partial charge is 0.456 e. The fourth-order valence-electron chi connectivity index (χ4n) is 9.77. The van der Waals surface area contributed by atoms with Gasteiger partial charge in [-0.2, -0.15) is 0 Å². The molecule has 9 aromatic carbocycles. The third kappa shape index (κ3) is 5.03. The molecule has 6 nitrogen and oxygen atoms in total. The van der Waals surface area contributed by atoms with Crippen LogP contribution in [-0.2, 0) is 0 Å². The normalized spacial score (nSPS) is 14.4. The summed E-state index contributed by atoms with van der Waals surface area (Å²) in [6.45, 7) is 0. The lowest BCUT2D eigenvalue weighted by molar-refractivity contribution is 0.667. The molecule has 0 saturated heterocycles. The van der Waals surface area contributed by atoms with Gasteiger partial charge in [-0.05, 0) is 58.8 Å². The molecule has 0 saturated carbocycles. The topological polar surface area (TPSA) is 59.8 Å². The Morgan fingerprint density at radius 3 is 1.69 bits per heavy atom. The predicted octanol–water partition coefficient (Wildman–Crippen LogP) is 13.4. The highest BCUT2D eigenvalue weighted by molar-refractivity contribution is 6.36. The van der Waals surface area contributed by atoms with Crippen LogP contribution in [0.5, 0.6) is 0 Å². The number of nitrogens with one attached hydrogen (secondary N) is 1. The second-order valence-corrected chi connectivity index (χ2v) is 15.7. The number of rotatable bonds is 5. The summed E-state index contributed by atoms with van der Waals surface area (Å²) in [5.74, 6) is 1.44. The number of furan rings is 1. The third-order valence-corrected chi connectivity index (χ3v) is 12.3. The Kier molecular flexibility index (Phi) is 7.27. The van der Waals surface area contributed by atoms with Gasteiger partial charge in [0.25, 0.3) is 0 Å². The summed E-state index contributed by atoms with van der Waals surface area (Å²) in [5, 5.41) is 13.1. The maximum absolute atomic E-state index is 6.84. The Morgan fingerprint density at radius 2 is 1.02 bits per heavy atom. The molecule has 0 radical (unpaired) electrons. The van der Waals surface area contributed by atoms with Gasteiger partial charge in [0.1, 0.15) is 23.2 Å². The zero-order valence-electron chi connectivity index (χ0n) is 32.8. The highest BCUT2D eigenvalue weighted by Gasteiger charge is 2.27.